The third-order valence-electron chi connectivity index (χ3n) is 3.74. The highest BCUT2D eigenvalue weighted by atomic mass is 19.1. The average molecular weight is 265 g/mol. The van der Waals surface area contributed by atoms with E-state index in [1.165, 1.54) is 18.9 Å². The Kier molecular flexibility index (Phi) is 4.42. The number of rotatable bonds is 4. The van der Waals surface area contributed by atoms with Gasteiger partial charge in [-0.3, -0.25) is 0 Å². The number of hydrogen-bond acceptors (Lipinski definition) is 3. The van der Waals surface area contributed by atoms with Crippen LogP contribution in [0.25, 0.3) is 0 Å². The van der Waals surface area contributed by atoms with Gasteiger partial charge in [-0.2, -0.15) is 0 Å². The summed E-state index contributed by atoms with van der Waals surface area (Å²) in [6.07, 6.45) is 2.38. The van der Waals surface area contributed by atoms with Crippen molar-refractivity contribution in [3.63, 3.8) is 0 Å². The molecule has 1 aromatic rings. The molecule has 0 bridgehead atoms. The molecule has 2 atom stereocenters. The molecule has 2 N–H and O–H groups in total. The molecule has 0 aromatic heterocycles. The van der Waals surface area contributed by atoms with Gasteiger partial charge < -0.3 is 15.5 Å². The Labute approximate surface area is 115 Å². The molecule has 2 rings (SSSR count). The Morgan fingerprint density at radius 1 is 1.47 bits per heavy atom. The molecule has 1 unspecified atom stereocenters. The largest absolute Gasteiger partial charge is 0.367 e. The summed E-state index contributed by atoms with van der Waals surface area (Å²) in [4.78, 5) is 4.59. The van der Waals surface area contributed by atoms with Gasteiger partial charge in [-0.25, -0.2) is 4.39 Å². The van der Waals surface area contributed by atoms with Crippen LogP contribution in [0.2, 0.25) is 0 Å². The van der Waals surface area contributed by atoms with Gasteiger partial charge >= 0.3 is 0 Å². The van der Waals surface area contributed by atoms with Crippen molar-refractivity contribution in [2.75, 3.05) is 32.1 Å². The van der Waals surface area contributed by atoms with Crippen LogP contribution in [0.5, 0.6) is 0 Å². The van der Waals surface area contributed by atoms with Crippen LogP contribution in [0.1, 0.15) is 31.4 Å². The fourth-order valence-electron chi connectivity index (χ4n) is 2.92. The molecule has 3 nitrogen and oxygen atoms in total. The standard InChI is InChI=1S/C15H24FN3/c1-11(17)14-9-12(16)6-7-15(14)19-8-4-5-13(19)10-18(2)3/h6-7,9,11,13H,4-5,8,10,17H2,1-3H3/t11-,13?/m0/s1. The van der Waals surface area contributed by atoms with E-state index in [0.29, 0.717) is 6.04 Å². The highest BCUT2D eigenvalue weighted by Gasteiger charge is 2.27. The Balaban J connectivity index is 2.29. The second-order valence-electron chi connectivity index (χ2n) is 5.74. The van der Waals surface area contributed by atoms with Gasteiger partial charge in [-0.15, -0.1) is 0 Å². The average Bonchev–Trinajstić information content (AvgIpc) is 2.76. The number of benzene rings is 1. The first-order chi connectivity index (χ1) is 8.99. The maximum Gasteiger partial charge on any atom is 0.123 e. The first-order valence-corrected chi connectivity index (χ1v) is 6.95. The number of halogens is 1. The van der Waals surface area contributed by atoms with Crippen LogP contribution in [-0.2, 0) is 0 Å². The molecule has 1 heterocycles. The Bertz CT molecular complexity index is 431. The van der Waals surface area contributed by atoms with E-state index in [2.05, 4.69) is 23.9 Å². The summed E-state index contributed by atoms with van der Waals surface area (Å²) >= 11 is 0. The molecule has 1 aliphatic rings. The molecule has 0 amide bonds. The second kappa shape index (κ2) is 5.88. The van der Waals surface area contributed by atoms with E-state index in [-0.39, 0.29) is 11.9 Å². The molecular weight excluding hydrogens is 241 g/mol. The summed E-state index contributed by atoms with van der Waals surface area (Å²) in [6.45, 7) is 3.97. The van der Waals surface area contributed by atoms with Crippen molar-refractivity contribution in [1.29, 1.82) is 0 Å². The summed E-state index contributed by atoms with van der Waals surface area (Å²) in [7, 11) is 4.18. The third kappa shape index (κ3) is 3.25. The topological polar surface area (TPSA) is 32.5 Å². The highest BCUT2D eigenvalue weighted by Crippen LogP contribution is 2.32. The lowest BCUT2D eigenvalue weighted by atomic mass is 10.0. The Hall–Kier alpha value is -1.13. The van der Waals surface area contributed by atoms with Crippen LogP contribution in [-0.4, -0.2) is 38.1 Å². The van der Waals surface area contributed by atoms with Crippen molar-refractivity contribution in [3.8, 4) is 0 Å². The number of hydrogen-bond donors (Lipinski definition) is 1. The summed E-state index contributed by atoms with van der Waals surface area (Å²) in [5.41, 5.74) is 8.00. The number of nitrogens with zero attached hydrogens (tertiary/aromatic N) is 2. The molecule has 1 saturated heterocycles. The van der Waals surface area contributed by atoms with Crippen LogP contribution in [0.15, 0.2) is 18.2 Å². The first kappa shape index (κ1) is 14.3. The predicted molar refractivity (Wildman–Crippen MR) is 77.9 cm³/mol. The van der Waals surface area contributed by atoms with Crippen molar-refractivity contribution in [3.05, 3.63) is 29.6 Å². The van der Waals surface area contributed by atoms with Crippen LogP contribution < -0.4 is 10.6 Å². The van der Waals surface area contributed by atoms with E-state index in [9.17, 15) is 4.39 Å². The lowest BCUT2D eigenvalue weighted by molar-refractivity contribution is 0.372. The minimum atomic E-state index is -0.209. The molecule has 4 heteroatoms. The summed E-state index contributed by atoms with van der Waals surface area (Å²) in [6, 6.07) is 5.34. The Morgan fingerprint density at radius 3 is 2.84 bits per heavy atom. The zero-order valence-corrected chi connectivity index (χ0v) is 12.1. The normalized spacial score (nSPS) is 21.2. The van der Waals surface area contributed by atoms with Gasteiger partial charge in [0.05, 0.1) is 0 Å². The maximum absolute atomic E-state index is 13.4. The first-order valence-electron chi connectivity index (χ1n) is 6.95. The van der Waals surface area contributed by atoms with Gasteiger partial charge in [0.25, 0.3) is 0 Å². The van der Waals surface area contributed by atoms with Crippen molar-refractivity contribution in [1.82, 2.24) is 4.90 Å². The minimum absolute atomic E-state index is 0.147. The van der Waals surface area contributed by atoms with Gasteiger partial charge in [-0.1, -0.05) is 0 Å². The Morgan fingerprint density at radius 2 is 2.21 bits per heavy atom. The molecule has 0 spiro atoms. The second-order valence-corrected chi connectivity index (χ2v) is 5.74. The van der Waals surface area contributed by atoms with E-state index in [1.54, 1.807) is 6.07 Å². The summed E-state index contributed by atoms with van der Waals surface area (Å²) in [5.74, 6) is -0.209. The third-order valence-corrected chi connectivity index (χ3v) is 3.74. The molecule has 0 aliphatic carbocycles. The zero-order valence-electron chi connectivity index (χ0n) is 12.1. The van der Waals surface area contributed by atoms with E-state index < -0.39 is 0 Å². The fraction of sp³-hybridized carbons (Fsp3) is 0.600. The quantitative estimate of drug-likeness (QED) is 0.907. The highest BCUT2D eigenvalue weighted by molar-refractivity contribution is 5.56. The van der Waals surface area contributed by atoms with Gasteiger partial charge in [0.15, 0.2) is 0 Å². The van der Waals surface area contributed by atoms with Crippen LogP contribution in [0.4, 0.5) is 10.1 Å². The van der Waals surface area contributed by atoms with Crippen LogP contribution in [0, 0.1) is 5.82 Å². The molecule has 1 fully saturated rings. The molecule has 106 valence electrons. The van der Waals surface area contributed by atoms with Gasteiger partial charge in [0, 0.05) is 30.9 Å². The van der Waals surface area contributed by atoms with E-state index >= 15 is 0 Å². The van der Waals surface area contributed by atoms with Crippen LogP contribution in [0.3, 0.4) is 0 Å². The van der Waals surface area contributed by atoms with Gasteiger partial charge in [0.1, 0.15) is 5.82 Å². The van der Waals surface area contributed by atoms with Crippen molar-refractivity contribution < 1.29 is 4.39 Å². The maximum atomic E-state index is 13.4. The van der Waals surface area contributed by atoms with Crippen LogP contribution >= 0.6 is 0 Å². The monoisotopic (exact) mass is 265 g/mol. The van der Waals surface area contributed by atoms with Gasteiger partial charge in [0.2, 0.25) is 0 Å². The minimum Gasteiger partial charge on any atom is -0.367 e. The summed E-state index contributed by atoms with van der Waals surface area (Å²) < 4.78 is 13.4. The number of anilines is 1. The molecule has 0 radical (unpaired) electrons. The molecular formula is C15H24FN3. The smallest absolute Gasteiger partial charge is 0.123 e. The molecule has 1 aromatic carbocycles. The van der Waals surface area contributed by atoms with E-state index in [1.807, 2.05) is 13.0 Å². The van der Waals surface area contributed by atoms with Crippen molar-refractivity contribution in [2.24, 2.45) is 5.73 Å². The molecule has 1 aliphatic heterocycles. The zero-order chi connectivity index (χ0) is 14.0. The van der Waals surface area contributed by atoms with Crippen molar-refractivity contribution in [2.45, 2.75) is 31.8 Å². The molecule has 0 saturated carbocycles. The number of likely N-dealkylation sites (N-methyl/N-ethyl adjacent to an activating group) is 1. The lowest BCUT2D eigenvalue weighted by Crippen LogP contribution is -2.38. The summed E-state index contributed by atoms with van der Waals surface area (Å²) in [5, 5.41) is 0. The van der Waals surface area contributed by atoms with Crippen molar-refractivity contribution >= 4 is 5.69 Å². The fourth-order valence-corrected chi connectivity index (χ4v) is 2.92. The lowest BCUT2D eigenvalue weighted by Gasteiger charge is -2.31. The van der Waals surface area contributed by atoms with Gasteiger partial charge in [-0.05, 0) is 57.6 Å². The SMILES string of the molecule is C[C@H](N)c1cc(F)ccc1N1CCCC1CN(C)C. The van der Waals surface area contributed by atoms with E-state index in [4.69, 9.17) is 5.73 Å². The van der Waals surface area contributed by atoms with E-state index in [0.717, 1.165) is 24.3 Å². The molecule has 19 heavy (non-hydrogen) atoms. The predicted octanol–water partition coefficient (Wildman–Crippen LogP) is 2.38. The number of nitrogens with two attached hydrogens (primary N) is 1.